The molecule has 5 nitrogen and oxygen atoms in total. The molecule has 7 heteroatoms. The Morgan fingerprint density at radius 3 is 2.85 bits per heavy atom. The van der Waals surface area contributed by atoms with Crippen molar-refractivity contribution in [2.45, 2.75) is 0 Å². The minimum Gasteiger partial charge on any atom is -0.476 e. The van der Waals surface area contributed by atoms with Gasteiger partial charge in [-0.1, -0.05) is 0 Å². The lowest BCUT2D eigenvalue weighted by Crippen LogP contribution is -1.99. The van der Waals surface area contributed by atoms with Crippen LogP contribution in [0.2, 0.25) is 0 Å². The third kappa shape index (κ3) is 2.03. The van der Waals surface area contributed by atoms with Crippen molar-refractivity contribution in [3.05, 3.63) is 45.5 Å². The van der Waals surface area contributed by atoms with Crippen LogP contribution in [-0.2, 0) is 0 Å². The standard InChI is InChI=1S/C13H7FIN3O2/c14-7-1-2-8-11(12(13(19)20)18-17-8)10(7)9-5-6(15)3-4-16-9/h1-5H,(H,17,18)(H,19,20). The second-order valence-electron chi connectivity index (χ2n) is 4.08. The summed E-state index contributed by atoms with van der Waals surface area (Å²) >= 11 is 2.09. The Labute approximate surface area is 126 Å². The van der Waals surface area contributed by atoms with Crippen molar-refractivity contribution in [2.24, 2.45) is 0 Å². The van der Waals surface area contributed by atoms with Crippen molar-refractivity contribution in [3.8, 4) is 11.3 Å². The Hall–Kier alpha value is -2.03. The highest BCUT2D eigenvalue weighted by Gasteiger charge is 2.20. The number of aromatic carboxylic acids is 1. The summed E-state index contributed by atoms with van der Waals surface area (Å²) in [5.41, 5.74) is 0.769. The molecule has 3 rings (SSSR count). The van der Waals surface area contributed by atoms with E-state index in [2.05, 4.69) is 37.8 Å². The average Bonchev–Trinajstić information content (AvgIpc) is 2.82. The maximum atomic E-state index is 14.2. The van der Waals surface area contributed by atoms with E-state index < -0.39 is 11.8 Å². The first kappa shape index (κ1) is 13.0. The van der Waals surface area contributed by atoms with E-state index in [1.165, 1.54) is 12.1 Å². The van der Waals surface area contributed by atoms with Crippen LogP contribution in [0.3, 0.4) is 0 Å². The van der Waals surface area contributed by atoms with Crippen LogP contribution < -0.4 is 0 Å². The van der Waals surface area contributed by atoms with Gasteiger partial charge in [0.15, 0.2) is 5.69 Å². The molecule has 3 aromatic rings. The highest BCUT2D eigenvalue weighted by Crippen LogP contribution is 2.32. The molecule has 0 unspecified atom stereocenters. The lowest BCUT2D eigenvalue weighted by Gasteiger charge is -2.05. The summed E-state index contributed by atoms with van der Waals surface area (Å²) in [7, 11) is 0. The number of aromatic amines is 1. The number of nitrogens with zero attached hydrogens (tertiary/aromatic N) is 2. The SMILES string of the molecule is O=C(O)c1n[nH]c2ccc(F)c(-c3cc(I)ccn3)c12. The fourth-order valence-electron chi connectivity index (χ4n) is 2.04. The van der Waals surface area contributed by atoms with Crippen LogP contribution in [0.1, 0.15) is 10.5 Å². The molecule has 0 radical (unpaired) electrons. The Kier molecular flexibility index (Phi) is 3.13. The number of aromatic nitrogens is 3. The van der Waals surface area contributed by atoms with Gasteiger partial charge in [-0.3, -0.25) is 10.1 Å². The van der Waals surface area contributed by atoms with Crippen LogP contribution >= 0.6 is 22.6 Å². The molecule has 0 saturated heterocycles. The van der Waals surface area contributed by atoms with Crippen molar-refractivity contribution in [3.63, 3.8) is 0 Å². The molecule has 0 spiro atoms. The van der Waals surface area contributed by atoms with Crippen molar-refractivity contribution in [1.29, 1.82) is 0 Å². The van der Waals surface area contributed by atoms with Crippen LogP contribution in [0, 0.1) is 9.39 Å². The Morgan fingerprint density at radius 2 is 2.15 bits per heavy atom. The van der Waals surface area contributed by atoms with Crippen LogP contribution in [0.25, 0.3) is 22.2 Å². The van der Waals surface area contributed by atoms with Crippen molar-refractivity contribution >= 4 is 39.5 Å². The number of rotatable bonds is 2. The Morgan fingerprint density at radius 1 is 1.35 bits per heavy atom. The number of nitrogens with one attached hydrogen (secondary N) is 1. The molecule has 20 heavy (non-hydrogen) atoms. The zero-order valence-corrected chi connectivity index (χ0v) is 12.1. The number of pyridine rings is 1. The molecule has 0 aliphatic heterocycles. The zero-order chi connectivity index (χ0) is 14.3. The quantitative estimate of drug-likeness (QED) is 0.667. The van der Waals surface area contributed by atoms with E-state index in [1.54, 1.807) is 18.3 Å². The number of fused-ring (bicyclic) bond motifs is 1. The highest BCUT2D eigenvalue weighted by atomic mass is 127. The molecule has 2 heterocycles. The van der Waals surface area contributed by atoms with Gasteiger partial charge in [0.2, 0.25) is 0 Å². The van der Waals surface area contributed by atoms with E-state index >= 15 is 0 Å². The molecular formula is C13H7FIN3O2. The van der Waals surface area contributed by atoms with Gasteiger partial charge in [0.05, 0.1) is 11.2 Å². The van der Waals surface area contributed by atoms with Gasteiger partial charge in [-0.15, -0.1) is 0 Å². The smallest absolute Gasteiger partial charge is 0.357 e. The number of H-pyrrole nitrogens is 1. The van der Waals surface area contributed by atoms with E-state index in [0.29, 0.717) is 11.2 Å². The zero-order valence-electron chi connectivity index (χ0n) is 9.89. The lowest BCUT2D eigenvalue weighted by molar-refractivity contribution is 0.0692. The summed E-state index contributed by atoms with van der Waals surface area (Å²) in [5.74, 6) is -1.75. The van der Waals surface area contributed by atoms with Gasteiger partial charge in [0.25, 0.3) is 0 Å². The molecule has 0 bridgehead atoms. The molecule has 2 N–H and O–H groups in total. The highest BCUT2D eigenvalue weighted by molar-refractivity contribution is 14.1. The molecule has 0 saturated carbocycles. The molecule has 0 atom stereocenters. The van der Waals surface area contributed by atoms with Gasteiger partial charge in [0, 0.05) is 20.7 Å². The second-order valence-corrected chi connectivity index (χ2v) is 5.33. The predicted molar refractivity (Wildman–Crippen MR) is 79.0 cm³/mol. The number of carbonyl (C=O) groups is 1. The molecule has 0 aliphatic rings. The predicted octanol–water partition coefficient (Wildman–Crippen LogP) is 3.07. The van der Waals surface area contributed by atoms with Gasteiger partial charge in [-0.25, -0.2) is 9.18 Å². The van der Waals surface area contributed by atoms with Crippen LogP contribution in [0.5, 0.6) is 0 Å². The molecule has 0 amide bonds. The maximum Gasteiger partial charge on any atom is 0.357 e. The summed E-state index contributed by atoms with van der Waals surface area (Å²) in [6.07, 6.45) is 1.55. The number of benzene rings is 1. The number of hydrogen-bond acceptors (Lipinski definition) is 3. The second kappa shape index (κ2) is 4.82. The van der Waals surface area contributed by atoms with Crippen LogP contribution in [-0.4, -0.2) is 26.3 Å². The first-order chi connectivity index (χ1) is 9.58. The number of carboxylic acid groups (broad SMARTS) is 1. The fourth-order valence-corrected chi connectivity index (χ4v) is 2.49. The third-order valence-corrected chi connectivity index (χ3v) is 3.53. The van der Waals surface area contributed by atoms with E-state index in [-0.39, 0.29) is 16.6 Å². The molecule has 0 aliphatic carbocycles. The lowest BCUT2D eigenvalue weighted by atomic mass is 10.0. The Bertz CT molecular complexity index is 832. The van der Waals surface area contributed by atoms with E-state index in [4.69, 9.17) is 5.11 Å². The monoisotopic (exact) mass is 383 g/mol. The van der Waals surface area contributed by atoms with E-state index in [9.17, 15) is 9.18 Å². The molecule has 1 aromatic carbocycles. The van der Waals surface area contributed by atoms with Crippen molar-refractivity contribution < 1.29 is 14.3 Å². The maximum absolute atomic E-state index is 14.2. The molecule has 0 fully saturated rings. The van der Waals surface area contributed by atoms with Crippen LogP contribution in [0.15, 0.2) is 30.5 Å². The van der Waals surface area contributed by atoms with Crippen LogP contribution in [0.4, 0.5) is 4.39 Å². The fraction of sp³-hybridized carbons (Fsp3) is 0. The summed E-state index contributed by atoms with van der Waals surface area (Å²) < 4.78 is 15.1. The Balaban J connectivity index is 2.41. The minimum absolute atomic E-state index is 0.146. The number of carboxylic acids is 1. The minimum atomic E-state index is -1.21. The summed E-state index contributed by atoms with van der Waals surface area (Å²) in [5, 5.41) is 15.7. The van der Waals surface area contributed by atoms with Gasteiger partial charge in [-0.2, -0.15) is 5.10 Å². The number of halogens is 2. The normalized spacial score (nSPS) is 10.9. The van der Waals surface area contributed by atoms with Crippen molar-refractivity contribution in [1.82, 2.24) is 15.2 Å². The van der Waals surface area contributed by atoms with Gasteiger partial charge >= 0.3 is 5.97 Å². The summed E-state index contributed by atoms with van der Waals surface area (Å²) in [6.45, 7) is 0. The van der Waals surface area contributed by atoms with Gasteiger partial charge < -0.3 is 5.11 Å². The molecular weight excluding hydrogens is 376 g/mol. The average molecular weight is 383 g/mol. The first-order valence-corrected chi connectivity index (χ1v) is 6.67. The number of hydrogen-bond donors (Lipinski definition) is 2. The third-order valence-electron chi connectivity index (χ3n) is 2.86. The van der Waals surface area contributed by atoms with E-state index in [1.807, 2.05) is 0 Å². The van der Waals surface area contributed by atoms with Gasteiger partial charge in [-0.05, 0) is 46.9 Å². The van der Waals surface area contributed by atoms with Crippen molar-refractivity contribution in [2.75, 3.05) is 0 Å². The first-order valence-electron chi connectivity index (χ1n) is 5.59. The molecule has 2 aromatic heterocycles. The summed E-state index contributed by atoms with van der Waals surface area (Å²) in [6, 6.07) is 6.19. The van der Waals surface area contributed by atoms with E-state index in [0.717, 1.165) is 3.57 Å². The molecule has 100 valence electrons. The largest absolute Gasteiger partial charge is 0.476 e. The van der Waals surface area contributed by atoms with Gasteiger partial charge in [0.1, 0.15) is 5.82 Å². The topological polar surface area (TPSA) is 78.9 Å². The summed E-state index contributed by atoms with van der Waals surface area (Å²) in [4.78, 5) is 15.3.